The van der Waals surface area contributed by atoms with Crippen LogP contribution in [0.4, 0.5) is 0 Å². The average Bonchev–Trinajstić information content (AvgIpc) is 2.72. The summed E-state index contributed by atoms with van der Waals surface area (Å²) in [7, 11) is -11.0. The first-order valence-electron chi connectivity index (χ1n) is 9.53. The standard InChI is InChI=1S/C20H25NO7S3/c1-29(22,23)21-13-18(17-6-4-3-5-7-17)12-20(14-21)31(26,27)19-10-8-16(9-11-19)15-28-30(2,24)25/h3-11,18,20H,12-15H2,1-2H3. The summed E-state index contributed by atoms with van der Waals surface area (Å²) in [6, 6.07) is 15.1. The molecule has 2 unspecified atom stereocenters. The van der Waals surface area contributed by atoms with Gasteiger partial charge in [0.05, 0.1) is 29.3 Å². The van der Waals surface area contributed by atoms with Crippen LogP contribution in [0.2, 0.25) is 0 Å². The molecule has 1 aliphatic heterocycles. The summed E-state index contributed by atoms with van der Waals surface area (Å²) >= 11 is 0. The summed E-state index contributed by atoms with van der Waals surface area (Å²) in [6.45, 7) is -0.0688. The van der Waals surface area contributed by atoms with E-state index in [2.05, 4.69) is 0 Å². The molecule has 0 saturated carbocycles. The van der Waals surface area contributed by atoms with Crippen LogP contribution in [0.3, 0.4) is 0 Å². The molecule has 2 atom stereocenters. The first-order valence-corrected chi connectivity index (χ1v) is 14.7. The van der Waals surface area contributed by atoms with Crippen LogP contribution in [0, 0.1) is 0 Å². The number of benzene rings is 2. The molecular formula is C20H25NO7S3. The van der Waals surface area contributed by atoms with Crippen molar-refractivity contribution in [2.24, 2.45) is 0 Å². The topological polar surface area (TPSA) is 115 Å². The maximum Gasteiger partial charge on any atom is 0.264 e. The predicted molar refractivity (Wildman–Crippen MR) is 117 cm³/mol. The zero-order valence-electron chi connectivity index (χ0n) is 17.2. The van der Waals surface area contributed by atoms with Gasteiger partial charge in [0.2, 0.25) is 10.0 Å². The van der Waals surface area contributed by atoms with E-state index in [1.807, 2.05) is 30.3 Å². The van der Waals surface area contributed by atoms with E-state index in [0.717, 1.165) is 18.1 Å². The van der Waals surface area contributed by atoms with Gasteiger partial charge in [-0.25, -0.2) is 21.1 Å². The van der Waals surface area contributed by atoms with Crippen molar-refractivity contribution in [1.29, 1.82) is 0 Å². The largest absolute Gasteiger partial charge is 0.265 e. The highest BCUT2D eigenvalue weighted by Crippen LogP contribution is 2.33. The summed E-state index contributed by atoms with van der Waals surface area (Å²) in [6.07, 6.45) is 2.32. The van der Waals surface area contributed by atoms with Crippen LogP contribution in [0.25, 0.3) is 0 Å². The first kappa shape index (κ1) is 23.9. The molecule has 3 rings (SSSR count). The molecule has 0 N–H and O–H groups in total. The normalized spacial score (nSPS) is 21.1. The van der Waals surface area contributed by atoms with Gasteiger partial charge in [-0.05, 0) is 35.6 Å². The van der Waals surface area contributed by atoms with Crippen molar-refractivity contribution in [3.8, 4) is 0 Å². The molecular weight excluding hydrogens is 462 g/mol. The highest BCUT2D eigenvalue weighted by Gasteiger charge is 2.39. The molecule has 0 aliphatic carbocycles. The fraction of sp³-hybridized carbons (Fsp3) is 0.400. The number of rotatable bonds is 7. The van der Waals surface area contributed by atoms with Gasteiger partial charge in [-0.1, -0.05) is 42.5 Å². The lowest BCUT2D eigenvalue weighted by Crippen LogP contribution is -2.47. The molecule has 0 bridgehead atoms. The Labute approximate surface area is 183 Å². The van der Waals surface area contributed by atoms with Gasteiger partial charge in [0.25, 0.3) is 10.1 Å². The molecule has 0 amide bonds. The Balaban J connectivity index is 1.87. The number of piperidine rings is 1. The molecule has 11 heteroatoms. The fourth-order valence-corrected chi connectivity index (χ4v) is 6.73. The van der Waals surface area contributed by atoms with Crippen LogP contribution in [0.15, 0.2) is 59.5 Å². The maximum atomic E-state index is 13.3. The number of hydrogen-bond donors (Lipinski definition) is 0. The van der Waals surface area contributed by atoms with Crippen molar-refractivity contribution in [2.45, 2.75) is 29.1 Å². The Kier molecular flexibility index (Phi) is 6.92. The van der Waals surface area contributed by atoms with Crippen molar-refractivity contribution in [3.63, 3.8) is 0 Å². The van der Waals surface area contributed by atoms with E-state index in [4.69, 9.17) is 4.18 Å². The molecule has 1 heterocycles. The summed E-state index contributed by atoms with van der Waals surface area (Å²) in [5.41, 5.74) is 1.40. The third-order valence-electron chi connectivity index (χ3n) is 5.25. The second-order valence-electron chi connectivity index (χ2n) is 7.70. The van der Waals surface area contributed by atoms with Crippen molar-refractivity contribution in [1.82, 2.24) is 4.31 Å². The first-order chi connectivity index (χ1) is 14.4. The minimum Gasteiger partial charge on any atom is -0.265 e. The summed E-state index contributed by atoms with van der Waals surface area (Å²) in [5, 5.41) is -0.903. The quantitative estimate of drug-likeness (QED) is 0.547. The van der Waals surface area contributed by atoms with E-state index in [9.17, 15) is 25.3 Å². The summed E-state index contributed by atoms with van der Waals surface area (Å²) in [4.78, 5) is 0.0581. The van der Waals surface area contributed by atoms with Gasteiger partial charge in [-0.2, -0.15) is 8.42 Å². The SMILES string of the molecule is CS(=O)(=O)OCc1ccc(S(=O)(=O)C2CC(c3ccccc3)CN(S(C)(=O)=O)C2)cc1. The number of hydrogen-bond acceptors (Lipinski definition) is 7. The van der Waals surface area contributed by atoms with Gasteiger partial charge in [0.1, 0.15) is 0 Å². The lowest BCUT2D eigenvalue weighted by Gasteiger charge is -2.36. The molecule has 0 radical (unpaired) electrons. The minimum absolute atomic E-state index is 0.0581. The highest BCUT2D eigenvalue weighted by molar-refractivity contribution is 7.92. The van der Waals surface area contributed by atoms with Gasteiger partial charge in [-0.3, -0.25) is 4.18 Å². The average molecular weight is 488 g/mol. The second kappa shape index (κ2) is 8.99. The molecule has 1 fully saturated rings. The van der Waals surface area contributed by atoms with Crippen LogP contribution < -0.4 is 0 Å². The van der Waals surface area contributed by atoms with Crippen LogP contribution in [-0.4, -0.2) is 60.4 Å². The van der Waals surface area contributed by atoms with Gasteiger partial charge in [0.15, 0.2) is 9.84 Å². The van der Waals surface area contributed by atoms with Crippen LogP contribution in [0.1, 0.15) is 23.5 Å². The Morgan fingerprint density at radius 1 is 0.871 bits per heavy atom. The van der Waals surface area contributed by atoms with Crippen molar-refractivity contribution >= 4 is 30.0 Å². The molecule has 1 aliphatic rings. The van der Waals surface area contributed by atoms with Crippen LogP contribution >= 0.6 is 0 Å². The smallest absolute Gasteiger partial charge is 0.264 e. The van der Waals surface area contributed by atoms with E-state index >= 15 is 0 Å². The molecule has 1 saturated heterocycles. The molecule has 170 valence electrons. The van der Waals surface area contributed by atoms with Gasteiger partial charge < -0.3 is 0 Å². The number of nitrogens with zero attached hydrogens (tertiary/aromatic N) is 1. The lowest BCUT2D eigenvalue weighted by molar-refractivity contribution is 0.311. The summed E-state index contributed by atoms with van der Waals surface area (Å²) < 4.78 is 79.3. The fourth-order valence-electron chi connectivity index (χ4n) is 3.62. The van der Waals surface area contributed by atoms with Crippen LogP contribution in [-0.2, 0) is 40.8 Å². The molecule has 8 nitrogen and oxygen atoms in total. The Morgan fingerprint density at radius 2 is 1.48 bits per heavy atom. The molecule has 0 aromatic heterocycles. The molecule has 2 aromatic carbocycles. The Bertz CT molecular complexity index is 1220. The number of sulfonamides is 1. The molecule has 31 heavy (non-hydrogen) atoms. The van der Waals surface area contributed by atoms with E-state index in [-0.39, 0.29) is 30.5 Å². The van der Waals surface area contributed by atoms with E-state index in [1.165, 1.54) is 28.6 Å². The van der Waals surface area contributed by atoms with Crippen molar-refractivity contribution < 1.29 is 29.4 Å². The Morgan fingerprint density at radius 3 is 2.03 bits per heavy atom. The third kappa shape index (κ3) is 6.13. The zero-order valence-corrected chi connectivity index (χ0v) is 19.7. The number of sulfone groups is 1. The van der Waals surface area contributed by atoms with Crippen molar-refractivity contribution in [3.05, 3.63) is 65.7 Å². The van der Waals surface area contributed by atoms with Gasteiger partial charge in [-0.15, -0.1) is 0 Å². The predicted octanol–water partition coefficient (Wildman–Crippen LogP) is 1.75. The lowest BCUT2D eigenvalue weighted by atomic mass is 9.91. The second-order valence-corrected chi connectivity index (χ2v) is 13.6. The molecule has 0 spiro atoms. The minimum atomic E-state index is -3.82. The van der Waals surface area contributed by atoms with E-state index in [0.29, 0.717) is 12.0 Å². The van der Waals surface area contributed by atoms with Gasteiger partial charge in [0, 0.05) is 13.1 Å². The summed E-state index contributed by atoms with van der Waals surface area (Å²) in [5.74, 6) is -0.244. The Hall–Kier alpha value is -1.79. The zero-order chi connectivity index (χ0) is 22.9. The maximum absolute atomic E-state index is 13.3. The third-order valence-corrected chi connectivity index (χ3v) is 9.18. The van der Waals surface area contributed by atoms with Crippen molar-refractivity contribution in [2.75, 3.05) is 25.6 Å². The van der Waals surface area contributed by atoms with Gasteiger partial charge >= 0.3 is 0 Å². The highest BCUT2D eigenvalue weighted by atomic mass is 32.2. The molecule has 2 aromatic rings. The van der Waals surface area contributed by atoms with Crippen LogP contribution in [0.5, 0.6) is 0 Å². The van der Waals surface area contributed by atoms with E-state index < -0.39 is 35.2 Å². The van der Waals surface area contributed by atoms with E-state index in [1.54, 1.807) is 0 Å². The monoisotopic (exact) mass is 487 g/mol.